The Hall–Kier alpha value is -4.03. The smallest absolute Gasteiger partial charge is 0.328 e. The molecule has 1 saturated heterocycles. The lowest BCUT2D eigenvalue weighted by Gasteiger charge is -2.15. The number of methoxy groups -OCH3 is 1. The van der Waals surface area contributed by atoms with E-state index in [9.17, 15) is 24.3 Å². The first-order valence-corrected chi connectivity index (χ1v) is 12.2. The lowest BCUT2D eigenvalue weighted by molar-refractivity contribution is -0.122. The number of nitrogens with one attached hydrogen (secondary N) is 4. The van der Waals surface area contributed by atoms with Gasteiger partial charge in [0.15, 0.2) is 5.17 Å². The van der Waals surface area contributed by atoms with Gasteiger partial charge < -0.3 is 20.5 Å². The Kier molecular flexibility index (Phi) is 7.69. The summed E-state index contributed by atoms with van der Waals surface area (Å²) in [7, 11) is 1.46. The molecule has 0 saturated carbocycles. The quantitative estimate of drug-likeness (QED) is 0.305. The zero-order chi connectivity index (χ0) is 26.7. The minimum atomic E-state index is -1.05. The van der Waals surface area contributed by atoms with Crippen LogP contribution in [0.25, 0.3) is 0 Å². The van der Waals surface area contributed by atoms with E-state index >= 15 is 0 Å². The van der Waals surface area contributed by atoms with Crippen molar-refractivity contribution >= 4 is 46.0 Å². The molecule has 0 radical (unpaired) electrons. The van der Waals surface area contributed by atoms with Crippen LogP contribution in [-0.2, 0) is 9.59 Å². The van der Waals surface area contributed by atoms with Gasteiger partial charge in [0.1, 0.15) is 22.6 Å². The van der Waals surface area contributed by atoms with Gasteiger partial charge >= 0.3 is 5.69 Å². The van der Waals surface area contributed by atoms with Gasteiger partial charge in [0, 0.05) is 11.4 Å². The summed E-state index contributed by atoms with van der Waals surface area (Å²) in [6, 6.07) is 10.8. The molecule has 0 bridgehead atoms. The van der Waals surface area contributed by atoms with Crippen molar-refractivity contribution in [2.24, 2.45) is 4.99 Å². The molecule has 2 amide bonds. The molecule has 0 aliphatic carbocycles. The molecule has 2 heterocycles. The van der Waals surface area contributed by atoms with Crippen LogP contribution in [0.5, 0.6) is 11.6 Å². The first-order chi connectivity index (χ1) is 17.6. The number of amidine groups is 1. The fourth-order valence-electron chi connectivity index (χ4n) is 3.66. The van der Waals surface area contributed by atoms with Crippen LogP contribution in [0.3, 0.4) is 0 Å². The van der Waals surface area contributed by atoms with Gasteiger partial charge in [-0.15, -0.1) is 0 Å². The predicted molar refractivity (Wildman–Crippen MR) is 141 cm³/mol. The maximum atomic E-state index is 12.7. The highest BCUT2D eigenvalue weighted by Gasteiger charge is 2.34. The summed E-state index contributed by atoms with van der Waals surface area (Å²) in [5.74, 6) is -1.11. The maximum Gasteiger partial charge on any atom is 0.328 e. The summed E-state index contributed by atoms with van der Waals surface area (Å²) in [5.41, 5.74) is -0.0234. The average molecular weight is 544 g/mol. The van der Waals surface area contributed by atoms with E-state index in [1.54, 1.807) is 36.4 Å². The second kappa shape index (κ2) is 10.9. The number of amides is 2. The van der Waals surface area contributed by atoms with Gasteiger partial charge in [0.2, 0.25) is 17.7 Å². The van der Waals surface area contributed by atoms with E-state index in [-0.39, 0.29) is 17.2 Å². The van der Waals surface area contributed by atoms with Crippen molar-refractivity contribution in [2.75, 3.05) is 12.4 Å². The molecule has 192 valence electrons. The number of hydrogen-bond donors (Lipinski definition) is 5. The lowest BCUT2D eigenvalue weighted by atomic mass is 10.00. The predicted octanol–water partition coefficient (Wildman–Crippen LogP) is 2.45. The van der Waals surface area contributed by atoms with Gasteiger partial charge in [0.25, 0.3) is 5.56 Å². The van der Waals surface area contributed by atoms with Gasteiger partial charge in [-0.25, -0.2) is 9.79 Å². The van der Waals surface area contributed by atoms with Crippen molar-refractivity contribution in [1.82, 2.24) is 15.3 Å². The lowest BCUT2D eigenvalue weighted by Crippen LogP contribution is -2.29. The van der Waals surface area contributed by atoms with E-state index in [1.165, 1.54) is 13.2 Å². The van der Waals surface area contributed by atoms with Crippen molar-refractivity contribution < 1.29 is 19.4 Å². The van der Waals surface area contributed by atoms with Crippen LogP contribution in [0.1, 0.15) is 29.2 Å². The minimum absolute atomic E-state index is 0.152. The number of H-pyrrole nitrogens is 2. The highest BCUT2D eigenvalue weighted by molar-refractivity contribution is 8.15. The molecule has 4 rings (SSSR count). The molecule has 1 fully saturated rings. The third-order valence-electron chi connectivity index (χ3n) is 5.45. The number of aromatic nitrogens is 2. The molecule has 2 atom stereocenters. The Labute approximate surface area is 219 Å². The number of benzene rings is 2. The van der Waals surface area contributed by atoms with Crippen LogP contribution in [0.15, 0.2) is 57.0 Å². The van der Waals surface area contributed by atoms with E-state index < -0.39 is 40.2 Å². The molecular formula is C24H22ClN5O6S. The number of aromatic hydroxyl groups is 1. The van der Waals surface area contributed by atoms with Gasteiger partial charge in [-0.05, 0) is 30.7 Å². The Morgan fingerprint density at radius 2 is 1.92 bits per heavy atom. The molecular weight excluding hydrogens is 522 g/mol. The van der Waals surface area contributed by atoms with E-state index in [0.717, 1.165) is 17.3 Å². The number of anilines is 1. The maximum absolute atomic E-state index is 12.7. The zero-order valence-electron chi connectivity index (χ0n) is 19.6. The van der Waals surface area contributed by atoms with Gasteiger partial charge in [-0.1, -0.05) is 53.2 Å². The van der Waals surface area contributed by atoms with Crippen LogP contribution in [0.2, 0.25) is 5.02 Å². The number of rotatable bonds is 7. The summed E-state index contributed by atoms with van der Waals surface area (Å²) in [5, 5.41) is 15.4. The topological polar surface area (TPSA) is 166 Å². The largest absolute Gasteiger partial charge is 0.495 e. The number of halogens is 1. The second-order valence-electron chi connectivity index (χ2n) is 8.11. The Morgan fingerprint density at radius 1 is 1.19 bits per heavy atom. The molecule has 11 nitrogen and oxygen atoms in total. The summed E-state index contributed by atoms with van der Waals surface area (Å²) < 4.78 is 5.22. The van der Waals surface area contributed by atoms with Gasteiger partial charge in [-0.2, -0.15) is 0 Å². The van der Waals surface area contributed by atoms with Crippen molar-refractivity contribution in [3.05, 3.63) is 85.0 Å². The summed E-state index contributed by atoms with van der Waals surface area (Å²) >= 11 is 7.02. The summed E-state index contributed by atoms with van der Waals surface area (Å²) in [4.78, 5) is 58.2. The standard InChI is InChI=1S/C24H22ClN5O6S/c1-11-3-5-12(6-4-11)19(18-21(33)28-23(35)29-22(18)34)27-24-30-20(32)16(37-24)10-17(31)26-14-9-13(25)7-8-15(14)36-2/h3-9,16,19H,10H2,1-2H3,(H,26,31)(H,27,30,32)(H3,28,29,33,34,35)/t16-,19+/m0/s1. The SMILES string of the molecule is COc1ccc(Cl)cc1NC(=O)C[C@@H]1SC(=N[C@H](c2ccc(C)cc2)c2c(O)[nH]c(=O)[nH]c2=O)NC1=O. The van der Waals surface area contributed by atoms with E-state index in [4.69, 9.17) is 16.3 Å². The molecule has 1 aliphatic rings. The number of nitrogens with zero attached hydrogens (tertiary/aromatic N) is 1. The zero-order valence-corrected chi connectivity index (χ0v) is 21.2. The number of carbonyl (C=O) groups is 2. The third kappa shape index (κ3) is 6.04. The molecule has 13 heteroatoms. The molecule has 2 aromatic carbocycles. The minimum Gasteiger partial charge on any atom is -0.495 e. The van der Waals surface area contributed by atoms with Crippen LogP contribution in [0, 0.1) is 6.92 Å². The average Bonchev–Trinajstić information content (AvgIpc) is 3.16. The van der Waals surface area contributed by atoms with Crippen LogP contribution in [0.4, 0.5) is 5.69 Å². The second-order valence-corrected chi connectivity index (χ2v) is 9.74. The third-order valence-corrected chi connectivity index (χ3v) is 6.79. The molecule has 37 heavy (non-hydrogen) atoms. The van der Waals surface area contributed by atoms with Crippen molar-refractivity contribution in [3.8, 4) is 11.6 Å². The monoisotopic (exact) mass is 543 g/mol. The Bertz CT molecular complexity index is 1500. The number of ether oxygens (including phenoxy) is 1. The molecule has 1 aliphatic heterocycles. The number of carbonyl (C=O) groups excluding carboxylic acids is 2. The molecule has 0 spiro atoms. The number of aliphatic imine (C=N–C) groups is 1. The Morgan fingerprint density at radius 3 is 2.59 bits per heavy atom. The van der Waals surface area contributed by atoms with Crippen LogP contribution >= 0.6 is 23.4 Å². The summed E-state index contributed by atoms with van der Waals surface area (Å²) in [6.07, 6.45) is -0.176. The van der Waals surface area contributed by atoms with E-state index in [1.807, 2.05) is 6.92 Å². The molecule has 0 unspecified atom stereocenters. The van der Waals surface area contributed by atoms with E-state index in [0.29, 0.717) is 22.0 Å². The van der Waals surface area contributed by atoms with Crippen molar-refractivity contribution in [1.29, 1.82) is 0 Å². The fraction of sp³-hybridized carbons (Fsp3) is 0.208. The fourth-order valence-corrected chi connectivity index (χ4v) is 4.83. The molecule has 1 aromatic heterocycles. The Balaban J connectivity index is 1.59. The molecule has 3 aromatic rings. The number of aryl methyl sites for hydroxylation is 1. The van der Waals surface area contributed by atoms with E-state index in [2.05, 4.69) is 25.6 Å². The van der Waals surface area contributed by atoms with Crippen molar-refractivity contribution in [3.63, 3.8) is 0 Å². The number of thioether (sulfide) groups is 1. The van der Waals surface area contributed by atoms with Crippen LogP contribution < -0.4 is 26.6 Å². The summed E-state index contributed by atoms with van der Waals surface area (Å²) in [6.45, 7) is 1.89. The molecule has 5 N–H and O–H groups in total. The van der Waals surface area contributed by atoms with Gasteiger partial charge in [0.05, 0.1) is 12.8 Å². The first kappa shape index (κ1) is 26.0. The van der Waals surface area contributed by atoms with Crippen LogP contribution in [-0.4, -0.2) is 44.4 Å². The highest BCUT2D eigenvalue weighted by atomic mass is 35.5. The first-order valence-electron chi connectivity index (χ1n) is 11.0. The number of aromatic amines is 2. The van der Waals surface area contributed by atoms with Crippen molar-refractivity contribution in [2.45, 2.75) is 24.6 Å². The highest BCUT2D eigenvalue weighted by Crippen LogP contribution is 2.32. The normalized spacial score (nSPS) is 16.9. The van der Waals surface area contributed by atoms with Gasteiger partial charge in [-0.3, -0.25) is 24.4 Å². The number of hydrogen-bond acceptors (Lipinski definition) is 8.